The number of halogens is 1. The van der Waals surface area contributed by atoms with E-state index in [1.165, 1.54) is 22.9 Å². The number of hydrogen-bond donors (Lipinski definition) is 1. The van der Waals surface area contributed by atoms with Crippen molar-refractivity contribution in [2.24, 2.45) is 5.92 Å². The van der Waals surface area contributed by atoms with Crippen molar-refractivity contribution >= 4 is 15.9 Å². The van der Waals surface area contributed by atoms with Crippen LogP contribution in [0.4, 0.5) is 0 Å². The van der Waals surface area contributed by atoms with E-state index >= 15 is 0 Å². The Morgan fingerprint density at radius 2 is 1.88 bits per heavy atom. The first-order valence-electron chi connectivity index (χ1n) is 6.13. The minimum Gasteiger partial charge on any atom is -0.310 e. The van der Waals surface area contributed by atoms with Crippen molar-refractivity contribution < 1.29 is 0 Å². The van der Waals surface area contributed by atoms with Crippen molar-refractivity contribution in [3.8, 4) is 0 Å². The molecule has 0 heterocycles. The lowest BCUT2D eigenvalue weighted by atomic mass is 9.97. The maximum atomic E-state index is 3.63. The van der Waals surface area contributed by atoms with Gasteiger partial charge >= 0.3 is 0 Å². The molecule has 1 rings (SSSR count). The summed E-state index contributed by atoms with van der Waals surface area (Å²) >= 11 is 3.63. The van der Waals surface area contributed by atoms with Crippen molar-refractivity contribution in [1.29, 1.82) is 0 Å². The summed E-state index contributed by atoms with van der Waals surface area (Å²) in [4.78, 5) is 0. The first-order chi connectivity index (χ1) is 7.65. The van der Waals surface area contributed by atoms with Gasteiger partial charge in [0.15, 0.2) is 0 Å². The second kappa shape index (κ2) is 7.08. The van der Waals surface area contributed by atoms with Gasteiger partial charge in [0.05, 0.1) is 0 Å². The Morgan fingerprint density at radius 1 is 1.19 bits per heavy atom. The van der Waals surface area contributed by atoms with E-state index in [1.807, 2.05) is 0 Å². The third-order valence-corrected chi connectivity index (χ3v) is 3.49. The summed E-state index contributed by atoms with van der Waals surface area (Å²) in [7, 11) is 0. The molecule has 0 aromatic heterocycles. The fourth-order valence-corrected chi connectivity index (χ4v) is 2.43. The van der Waals surface area contributed by atoms with E-state index in [4.69, 9.17) is 0 Å². The molecule has 1 nitrogen and oxygen atoms in total. The lowest BCUT2D eigenvalue weighted by Gasteiger charge is -2.20. The maximum Gasteiger partial charge on any atom is 0.0331 e. The summed E-state index contributed by atoms with van der Waals surface area (Å²) in [5.74, 6) is 0.767. The van der Waals surface area contributed by atoms with Gasteiger partial charge < -0.3 is 5.32 Å². The van der Waals surface area contributed by atoms with Crippen molar-refractivity contribution in [1.82, 2.24) is 5.32 Å². The van der Waals surface area contributed by atoms with Crippen LogP contribution in [0.3, 0.4) is 0 Å². The monoisotopic (exact) mass is 283 g/mol. The molecule has 1 N–H and O–H groups in total. The fraction of sp³-hybridized carbons (Fsp3) is 0.571. The van der Waals surface area contributed by atoms with Gasteiger partial charge in [-0.3, -0.25) is 0 Å². The molecule has 90 valence electrons. The predicted molar refractivity (Wildman–Crippen MR) is 74.6 cm³/mol. The second-order valence-electron chi connectivity index (χ2n) is 4.60. The van der Waals surface area contributed by atoms with Gasteiger partial charge in [0, 0.05) is 10.5 Å². The normalized spacial score (nSPS) is 13.1. The SMILES string of the molecule is CCNC(CCC(C)C)c1ccccc1Br. The molecule has 0 aliphatic rings. The van der Waals surface area contributed by atoms with Gasteiger partial charge in [0.25, 0.3) is 0 Å². The highest BCUT2D eigenvalue weighted by molar-refractivity contribution is 9.10. The Bertz CT molecular complexity index is 309. The van der Waals surface area contributed by atoms with Gasteiger partial charge in [-0.05, 0) is 36.9 Å². The van der Waals surface area contributed by atoms with Gasteiger partial charge in [-0.1, -0.05) is 54.9 Å². The van der Waals surface area contributed by atoms with Crippen LogP contribution in [-0.4, -0.2) is 6.54 Å². The Morgan fingerprint density at radius 3 is 2.44 bits per heavy atom. The van der Waals surface area contributed by atoms with E-state index < -0.39 is 0 Å². The number of nitrogens with one attached hydrogen (secondary N) is 1. The van der Waals surface area contributed by atoms with E-state index in [1.54, 1.807) is 0 Å². The van der Waals surface area contributed by atoms with E-state index in [9.17, 15) is 0 Å². The van der Waals surface area contributed by atoms with E-state index in [0.717, 1.165) is 12.5 Å². The predicted octanol–water partition coefficient (Wildman–Crippen LogP) is 4.54. The molecule has 0 bridgehead atoms. The lowest BCUT2D eigenvalue weighted by Crippen LogP contribution is -2.21. The maximum absolute atomic E-state index is 3.63. The van der Waals surface area contributed by atoms with Gasteiger partial charge in [-0.15, -0.1) is 0 Å². The summed E-state index contributed by atoms with van der Waals surface area (Å²) in [5.41, 5.74) is 1.38. The highest BCUT2D eigenvalue weighted by Gasteiger charge is 2.13. The molecule has 1 aromatic rings. The molecule has 0 fully saturated rings. The molecular formula is C14H22BrN. The van der Waals surface area contributed by atoms with Crippen LogP contribution in [0.25, 0.3) is 0 Å². The van der Waals surface area contributed by atoms with Crippen LogP contribution in [0.2, 0.25) is 0 Å². The lowest BCUT2D eigenvalue weighted by molar-refractivity contribution is 0.447. The minimum atomic E-state index is 0.475. The zero-order valence-electron chi connectivity index (χ0n) is 10.5. The molecule has 2 heteroatoms. The Hall–Kier alpha value is -0.340. The van der Waals surface area contributed by atoms with Crippen molar-refractivity contribution in [3.05, 3.63) is 34.3 Å². The molecular weight excluding hydrogens is 262 g/mol. The quantitative estimate of drug-likeness (QED) is 0.809. The van der Waals surface area contributed by atoms with Crippen LogP contribution < -0.4 is 5.32 Å². The van der Waals surface area contributed by atoms with Crippen LogP contribution in [0, 0.1) is 5.92 Å². The minimum absolute atomic E-state index is 0.475. The average Bonchev–Trinajstić information content (AvgIpc) is 2.25. The fourth-order valence-electron chi connectivity index (χ4n) is 1.87. The highest BCUT2D eigenvalue weighted by Crippen LogP contribution is 2.27. The van der Waals surface area contributed by atoms with Gasteiger partial charge in [-0.25, -0.2) is 0 Å². The summed E-state index contributed by atoms with van der Waals surface area (Å²) in [6.07, 6.45) is 2.47. The molecule has 0 amide bonds. The summed E-state index contributed by atoms with van der Waals surface area (Å²) < 4.78 is 1.21. The topological polar surface area (TPSA) is 12.0 Å². The van der Waals surface area contributed by atoms with Gasteiger partial charge in [0.2, 0.25) is 0 Å². The van der Waals surface area contributed by atoms with Crippen molar-refractivity contribution in [2.45, 2.75) is 39.7 Å². The van der Waals surface area contributed by atoms with Crippen LogP contribution in [0.15, 0.2) is 28.7 Å². The standard InChI is InChI=1S/C14H22BrN/c1-4-16-14(10-9-11(2)3)12-7-5-6-8-13(12)15/h5-8,11,14,16H,4,9-10H2,1-3H3. The molecule has 16 heavy (non-hydrogen) atoms. The Balaban J connectivity index is 2.73. The smallest absolute Gasteiger partial charge is 0.0331 e. The van der Waals surface area contributed by atoms with E-state index in [2.05, 4.69) is 66.3 Å². The average molecular weight is 284 g/mol. The van der Waals surface area contributed by atoms with E-state index in [-0.39, 0.29) is 0 Å². The van der Waals surface area contributed by atoms with Gasteiger partial charge in [0.1, 0.15) is 0 Å². The molecule has 0 aliphatic carbocycles. The van der Waals surface area contributed by atoms with Crippen LogP contribution in [0.5, 0.6) is 0 Å². The van der Waals surface area contributed by atoms with Crippen LogP contribution in [0.1, 0.15) is 45.2 Å². The summed E-state index contributed by atoms with van der Waals surface area (Å²) in [5, 5.41) is 3.57. The van der Waals surface area contributed by atoms with Crippen molar-refractivity contribution in [3.63, 3.8) is 0 Å². The zero-order valence-corrected chi connectivity index (χ0v) is 12.0. The third kappa shape index (κ3) is 4.26. The summed E-state index contributed by atoms with van der Waals surface area (Å²) in [6.45, 7) is 7.75. The Labute approximate surface area is 108 Å². The van der Waals surface area contributed by atoms with Crippen LogP contribution >= 0.6 is 15.9 Å². The molecule has 0 saturated carbocycles. The molecule has 0 aliphatic heterocycles. The molecule has 0 spiro atoms. The largest absolute Gasteiger partial charge is 0.310 e. The van der Waals surface area contributed by atoms with Crippen molar-refractivity contribution in [2.75, 3.05) is 6.54 Å². The van der Waals surface area contributed by atoms with Gasteiger partial charge in [-0.2, -0.15) is 0 Å². The third-order valence-electron chi connectivity index (χ3n) is 2.76. The Kier molecular flexibility index (Phi) is 6.07. The first kappa shape index (κ1) is 13.7. The molecule has 1 aromatic carbocycles. The highest BCUT2D eigenvalue weighted by atomic mass is 79.9. The molecule has 1 unspecified atom stereocenters. The number of rotatable bonds is 6. The first-order valence-corrected chi connectivity index (χ1v) is 6.92. The second-order valence-corrected chi connectivity index (χ2v) is 5.46. The molecule has 0 saturated heterocycles. The molecule has 0 radical (unpaired) electrons. The zero-order chi connectivity index (χ0) is 12.0. The summed E-state index contributed by atoms with van der Waals surface area (Å²) in [6, 6.07) is 8.98. The molecule has 1 atom stereocenters. The van der Waals surface area contributed by atoms with Crippen LogP contribution in [-0.2, 0) is 0 Å². The number of benzene rings is 1. The number of hydrogen-bond acceptors (Lipinski definition) is 1. The van der Waals surface area contributed by atoms with E-state index in [0.29, 0.717) is 6.04 Å².